The third-order valence-corrected chi connectivity index (χ3v) is 4.30. The Balaban J connectivity index is 1.61. The molecule has 25 heavy (non-hydrogen) atoms. The number of hydrogen-bond donors (Lipinski definition) is 0. The first kappa shape index (κ1) is 17.3. The zero-order valence-electron chi connectivity index (χ0n) is 14.6. The minimum Gasteiger partial charge on any atom is -0.493 e. The second-order valence-electron chi connectivity index (χ2n) is 6.02. The number of morpholine rings is 1. The molecule has 1 aliphatic heterocycles. The van der Waals surface area contributed by atoms with Crippen molar-refractivity contribution in [3.05, 3.63) is 59.7 Å². The van der Waals surface area contributed by atoms with Crippen molar-refractivity contribution in [2.75, 3.05) is 33.4 Å². The molecule has 0 saturated carbocycles. The molecule has 1 aliphatic rings. The number of methoxy groups -OCH3 is 1. The van der Waals surface area contributed by atoms with Gasteiger partial charge in [0.15, 0.2) is 11.5 Å². The summed E-state index contributed by atoms with van der Waals surface area (Å²) in [5.74, 6) is 1.41. The van der Waals surface area contributed by atoms with Crippen molar-refractivity contribution in [3.8, 4) is 11.5 Å². The number of rotatable bonds is 5. The predicted octanol–water partition coefficient (Wildman–Crippen LogP) is 2.92. The zero-order chi connectivity index (χ0) is 17.6. The first-order chi connectivity index (χ1) is 12.2. The van der Waals surface area contributed by atoms with Crippen LogP contribution in [0, 0.1) is 6.92 Å². The van der Waals surface area contributed by atoms with Gasteiger partial charge in [-0.05, 0) is 30.7 Å². The Labute approximate surface area is 148 Å². The monoisotopic (exact) mass is 341 g/mol. The minimum absolute atomic E-state index is 0.0451. The number of amides is 1. The maximum absolute atomic E-state index is 12.8. The van der Waals surface area contributed by atoms with Gasteiger partial charge in [0.2, 0.25) is 0 Å². The molecule has 5 heteroatoms. The largest absolute Gasteiger partial charge is 0.493 e. The van der Waals surface area contributed by atoms with Gasteiger partial charge in [0.25, 0.3) is 5.91 Å². The molecule has 1 heterocycles. The lowest BCUT2D eigenvalue weighted by Gasteiger charge is -2.33. The van der Waals surface area contributed by atoms with E-state index < -0.39 is 0 Å². The minimum atomic E-state index is -0.161. The van der Waals surface area contributed by atoms with Gasteiger partial charge in [-0.15, -0.1) is 0 Å². The first-order valence-corrected chi connectivity index (χ1v) is 8.41. The van der Waals surface area contributed by atoms with Crippen molar-refractivity contribution >= 4 is 5.91 Å². The van der Waals surface area contributed by atoms with Crippen molar-refractivity contribution in [1.29, 1.82) is 0 Å². The summed E-state index contributed by atoms with van der Waals surface area (Å²) in [6, 6.07) is 15.2. The highest BCUT2D eigenvalue weighted by molar-refractivity contribution is 5.95. The second kappa shape index (κ2) is 8.03. The van der Waals surface area contributed by atoms with Crippen molar-refractivity contribution < 1.29 is 19.0 Å². The van der Waals surface area contributed by atoms with Gasteiger partial charge in [0.1, 0.15) is 12.7 Å². The van der Waals surface area contributed by atoms with Crippen LogP contribution in [0.15, 0.2) is 48.5 Å². The standard InChI is InChI=1S/C20H23NO4/c1-15-7-3-4-8-17(15)20(22)21-11-12-24-16(13-21)14-25-19-10-6-5-9-18(19)23-2/h3-10,16H,11-14H2,1-2H3/t16-/m1/s1. The fourth-order valence-corrected chi connectivity index (χ4v) is 2.91. The Kier molecular flexibility index (Phi) is 5.56. The molecule has 1 amide bonds. The average Bonchev–Trinajstić information content (AvgIpc) is 2.66. The fraction of sp³-hybridized carbons (Fsp3) is 0.350. The molecule has 3 rings (SSSR count). The maximum Gasteiger partial charge on any atom is 0.254 e. The van der Waals surface area contributed by atoms with Crippen molar-refractivity contribution in [2.24, 2.45) is 0 Å². The zero-order valence-corrected chi connectivity index (χ0v) is 14.6. The molecule has 132 valence electrons. The van der Waals surface area contributed by atoms with Crippen LogP contribution in [0.4, 0.5) is 0 Å². The number of aryl methyl sites for hydroxylation is 1. The van der Waals surface area contributed by atoms with E-state index in [0.29, 0.717) is 37.8 Å². The summed E-state index contributed by atoms with van der Waals surface area (Å²) in [5.41, 5.74) is 1.73. The normalized spacial score (nSPS) is 17.2. The molecule has 5 nitrogen and oxygen atoms in total. The number of carbonyl (C=O) groups excluding carboxylic acids is 1. The predicted molar refractivity (Wildman–Crippen MR) is 95.3 cm³/mol. The van der Waals surface area contributed by atoms with E-state index in [1.165, 1.54) is 0 Å². The van der Waals surface area contributed by atoms with E-state index in [1.807, 2.05) is 60.4 Å². The van der Waals surface area contributed by atoms with E-state index in [0.717, 1.165) is 11.1 Å². The summed E-state index contributed by atoms with van der Waals surface area (Å²) in [4.78, 5) is 14.6. The van der Waals surface area contributed by atoms with Crippen LogP contribution in [0.5, 0.6) is 11.5 Å². The molecule has 0 spiro atoms. The van der Waals surface area contributed by atoms with Crippen LogP contribution in [0.3, 0.4) is 0 Å². The lowest BCUT2D eigenvalue weighted by molar-refractivity contribution is -0.0404. The SMILES string of the molecule is COc1ccccc1OC[C@H]1CN(C(=O)c2ccccc2C)CCO1. The summed E-state index contributed by atoms with van der Waals surface area (Å²) < 4.78 is 16.9. The third kappa shape index (κ3) is 4.12. The smallest absolute Gasteiger partial charge is 0.254 e. The van der Waals surface area contributed by atoms with Crippen LogP contribution in [0.1, 0.15) is 15.9 Å². The molecule has 0 aromatic heterocycles. The topological polar surface area (TPSA) is 48.0 Å². The van der Waals surface area contributed by atoms with Gasteiger partial charge in [-0.1, -0.05) is 30.3 Å². The van der Waals surface area contributed by atoms with Crippen LogP contribution in [-0.4, -0.2) is 50.3 Å². The molecule has 0 bridgehead atoms. The quantitative estimate of drug-likeness (QED) is 0.839. The Morgan fingerprint density at radius 2 is 1.88 bits per heavy atom. The molecule has 0 aliphatic carbocycles. The molecular formula is C20H23NO4. The summed E-state index contributed by atoms with van der Waals surface area (Å²) >= 11 is 0. The molecule has 2 aromatic rings. The molecule has 2 aromatic carbocycles. The van der Waals surface area contributed by atoms with E-state index in [9.17, 15) is 4.79 Å². The first-order valence-electron chi connectivity index (χ1n) is 8.41. The van der Waals surface area contributed by atoms with E-state index in [-0.39, 0.29) is 12.0 Å². The molecule has 0 radical (unpaired) electrons. The molecule has 1 saturated heterocycles. The van der Waals surface area contributed by atoms with E-state index in [4.69, 9.17) is 14.2 Å². The highest BCUT2D eigenvalue weighted by Gasteiger charge is 2.26. The number of hydrogen-bond acceptors (Lipinski definition) is 4. The van der Waals surface area contributed by atoms with Crippen LogP contribution < -0.4 is 9.47 Å². The Morgan fingerprint density at radius 3 is 2.64 bits per heavy atom. The Hall–Kier alpha value is -2.53. The molecule has 0 N–H and O–H groups in total. The van der Waals surface area contributed by atoms with Gasteiger partial charge in [-0.3, -0.25) is 4.79 Å². The van der Waals surface area contributed by atoms with Crippen LogP contribution in [0.2, 0.25) is 0 Å². The van der Waals surface area contributed by atoms with Crippen LogP contribution >= 0.6 is 0 Å². The van der Waals surface area contributed by atoms with Crippen LogP contribution in [-0.2, 0) is 4.74 Å². The van der Waals surface area contributed by atoms with Crippen molar-refractivity contribution in [3.63, 3.8) is 0 Å². The molecular weight excluding hydrogens is 318 g/mol. The highest BCUT2D eigenvalue weighted by Crippen LogP contribution is 2.26. The Morgan fingerprint density at radius 1 is 1.16 bits per heavy atom. The summed E-state index contributed by atoms with van der Waals surface area (Å²) in [5, 5.41) is 0. The van der Waals surface area contributed by atoms with E-state index in [2.05, 4.69) is 0 Å². The number of ether oxygens (including phenoxy) is 3. The number of benzene rings is 2. The number of para-hydroxylation sites is 2. The second-order valence-corrected chi connectivity index (χ2v) is 6.02. The lowest BCUT2D eigenvalue weighted by atomic mass is 10.1. The highest BCUT2D eigenvalue weighted by atomic mass is 16.5. The van der Waals surface area contributed by atoms with Crippen molar-refractivity contribution in [1.82, 2.24) is 4.90 Å². The van der Waals surface area contributed by atoms with Gasteiger partial charge in [0, 0.05) is 12.1 Å². The summed E-state index contributed by atoms with van der Waals surface area (Å²) in [6.45, 7) is 3.95. The van der Waals surface area contributed by atoms with Crippen molar-refractivity contribution in [2.45, 2.75) is 13.0 Å². The molecule has 1 fully saturated rings. The van der Waals surface area contributed by atoms with Gasteiger partial charge < -0.3 is 19.1 Å². The summed E-state index contributed by atoms with van der Waals surface area (Å²) in [7, 11) is 1.61. The van der Waals surface area contributed by atoms with Crippen LogP contribution in [0.25, 0.3) is 0 Å². The van der Waals surface area contributed by atoms with E-state index >= 15 is 0 Å². The van der Waals surface area contributed by atoms with Gasteiger partial charge >= 0.3 is 0 Å². The molecule has 0 unspecified atom stereocenters. The van der Waals surface area contributed by atoms with E-state index in [1.54, 1.807) is 7.11 Å². The Bertz CT molecular complexity index is 731. The fourth-order valence-electron chi connectivity index (χ4n) is 2.91. The summed E-state index contributed by atoms with van der Waals surface area (Å²) in [6.07, 6.45) is -0.161. The lowest BCUT2D eigenvalue weighted by Crippen LogP contribution is -2.47. The average molecular weight is 341 g/mol. The number of nitrogens with zero attached hydrogens (tertiary/aromatic N) is 1. The molecule has 1 atom stereocenters. The maximum atomic E-state index is 12.8. The van der Waals surface area contributed by atoms with Gasteiger partial charge in [-0.2, -0.15) is 0 Å². The number of carbonyl (C=O) groups is 1. The van der Waals surface area contributed by atoms with Gasteiger partial charge in [-0.25, -0.2) is 0 Å². The van der Waals surface area contributed by atoms with Gasteiger partial charge in [0.05, 0.1) is 20.3 Å². The third-order valence-electron chi connectivity index (χ3n) is 4.30.